The van der Waals surface area contributed by atoms with Gasteiger partial charge in [0, 0.05) is 13.7 Å². The van der Waals surface area contributed by atoms with Gasteiger partial charge in [0.2, 0.25) is 0 Å². The van der Waals surface area contributed by atoms with Crippen LogP contribution in [0.3, 0.4) is 0 Å². The molecule has 128 valence electrons. The maximum atomic E-state index is 12.3. The van der Waals surface area contributed by atoms with E-state index in [9.17, 15) is 4.79 Å². The van der Waals surface area contributed by atoms with E-state index in [1.54, 1.807) is 13.2 Å². The lowest BCUT2D eigenvalue weighted by molar-refractivity contribution is 0.177. The first-order chi connectivity index (χ1) is 11.6. The highest BCUT2D eigenvalue weighted by molar-refractivity contribution is 6.34. The molecule has 2 heterocycles. The van der Waals surface area contributed by atoms with Crippen LogP contribution in [0.2, 0.25) is 5.02 Å². The first-order valence-corrected chi connectivity index (χ1v) is 8.21. The third-order valence-corrected chi connectivity index (χ3v) is 4.44. The molecule has 0 unspecified atom stereocenters. The lowest BCUT2D eigenvalue weighted by Gasteiger charge is -2.23. The molecule has 1 aliphatic rings. The van der Waals surface area contributed by atoms with E-state index >= 15 is 0 Å². The molecule has 0 fully saturated rings. The van der Waals surface area contributed by atoms with Crippen LogP contribution < -0.4 is 10.6 Å². The minimum atomic E-state index is -0.308. The number of fused-ring (bicyclic) bond motifs is 1. The van der Waals surface area contributed by atoms with Crippen molar-refractivity contribution in [3.05, 3.63) is 40.4 Å². The number of carbonyl (C=O) groups excluding carboxylic acids is 1. The molecule has 3 rings (SSSR count). The molecule has 0 spiro atoms. The van der Waals surface area contributed by atoms with Crippen molar-refractivity contribution in [3.63, 3.8) is 0 Å². The first kappa shape index (κ1) is 16.7. The number of methoxy groups -OCH3 is 1. The zero-order valence-electron chi connectivity index (χ0n) is 13.7. The van der Waals surface area contributed by atoms with E-state index in [-0.39, 0.29) is 12.1 Å². The normalized spacial score (nSPS) is 16.5. The predicted molar refractivity (Wildman–Crippen MR) is 91.1 cm³/mol. The number of halogens is 1. The molecule has 2 N–H and O–H groups in total. The van der Waals surface area contributed by atoms with Crippen molar-refractivity contribution in [2.75, 3.05) is 12.4 Å². The molecule has 1 atom stereocenters. The quantitative estimate of drug-likeness (QED) is 0.889. The molecule has 2 aromatic rings. The Balaban J connectivity index is 1.70. The number of carbonyl (C=O) groups is 1. The molecule has 0 aliphatic carbocycles. The van der Waals surface area contributed by atoms with Crippen molar-refractivity contribution in [1.82, 2.24) is 20.1 Å². The number of aryl methyl sites for hydroxylation is 2. The molecule has 1 aromatic heterocycles. The average Bonchev–Trinajstić information content (AvgIpc) is 2.96. The van der Waals surface area contributed by atoms with Gasteiger partial charge in [-0.25, -0.2) is 14.5 Å². The van der Waals surface area contributed by atoms with Crippen LogP contribution in [0.4, 0.5) is 10.5 Å². The molecule has 0 saturated carbocycles. The molecule has 1 aliphatic heterocycles. The van der Waals surface area contributed by atoms with Gasteiger partial charge < -0.3 is 15.4 Å². The minimum Gasteiger partial charge on any atom is -0.377 e. The summed E-state index contributed by atoms with van der Waals surface area (Å²) in [6.07, 6.45) is 1.75. The molecule has 0 radical (unpaired) electrons. The van der Waals surface area contributed by atoms with Crippen LogP contribution >= 0.6 is 11.6 Å². The van der Waals surface area contributed by atoms with E-state index in [1.165, 1.54) is 0 Å². The van der Waals surface area contributed by atoms with Gasteiger partial charge in [-0.15, -0.1) is 0 Å². The van der Waals surface area contributed by atoms with E-state index in [0.717, 1.165) is 30.8 Å². The topological polar surface area (TPSA) is 81.1 Å². The molecule has 2 amide bonds. The van der Waals surface area contributed by atoms with Crippen LogP contribution in [-0.4, -0.2) is 27.9 Å². The van der Waals surface area contributed by atoms with Crippen LogP contribution in [0, 0.1) is 6.92 Å². The predicted octanol–water partition coefficient (Wildman–Crippen LogP) is 3.04. The van der Waals surface area contributed by atoms with Crippen LogP contribution in [0.1, 0.15) is 36.1 Å². The number of urea groups is 1. The van der Waals surface area contributed by atoms with Gasteiger partial charge >= 0.3 is 6.03 Å². The summed E-state index contributed by atoms with van der Waals surface area (Å²) in [5.41, 5.74) is 1.50. The number of rotatable bonds is 4. The number of hydrogen-bond donors (Lipinski definition) is 2. The molecule has 1 aromatic carbocycles. The Labute approximate surface area is 145 Å². The van der Waals surface area contributed by atoms with Crippen molar-refractivity contribution < 1.29 is 9.53 Å². The molecule has 7 nitrogen and oxygen atoms in total. The van der Waals surface area contributed by atoms with Crippen molar-refractivity contribution in [1.29, 1.82) is 0 Å². The van der Waals surface area contributed by atoms with Crippen LogP contribution in [-0.2, 0) is 17.9 Å². The molecular weight excluding hydrogens is 330 g/mol. The summed E-state index contributed by atoms with van der Waals surface area (Å²) in [5, 5.41) is 10.7. The fourth-order valence-electron chi connectivity index (χ4n) is 2.79. The zero-order chi connectivity index (χ0) is 17.1. The van der Waals surface area contributed by atoms with E-state index in [0.29, 0.717) is 23.1 Å². The highest BCUT2D eigenvalue weighted by atomic mass is 35.5. The Morgan fingerprint density at radius 2 is 2.33 bits per heavy atom. The van der Waals surface area contributed by atoms with Gasteiger partial charge in [-0.3, -0.25) is 0 Å². The number of anilines is 1. The Morgan fingerprint density at radius 3 is 3.12 bits per heavy atom. The first-order valence-electron chi connectivity index (χ1n) is 7.83. The van der Waals surface area contributed by atoms with E-state index in [1.807, 2.05) is 23.7 Å². The van der Waals surface area contributed by atoms with Gasteiger partial charge in [0.05, 0.1) is 16.8 Å². The van der Waals surface area contributed by atoms with E-state index < -0.39 is 0 Å². The standard InChI is InChI=1S/C16H20ClN5O2/c1-10-5-3-6-11(14(10)17)18-16(23)19-12-7-4-8-22-15(12)20-13(21-22)9-24-2/h3,5-6,12H,4,7-9H2,1-2H3,(H2,18,19,23)/t12-/m0/s1. The summed E-state index contributed by atoms with van der Waals surface area (Å²) < 4.78 is 6.91. The second kappa shape index (κ2) is 7.19. The summed E-state index contributed by atoms with van der Waals surface area (Å²) in [5.74, 6) is 1.39. The SMILES string of the molecule is COCc1nc2n(n1)CCC[C@@H]2NC(=O)Nc1cccc(C)c1Cl. The maximum Gasteiger partial charge on any atom is 0.319 e. The van der Waals surface area contributed by atoms with Crippen molar-refractivity contribution >= 4 is 23.3 Å². The van der Waals surface area contributed by atoms with Gasteiger partial charge in [0.15, 0.2) is 5.82 Å². The van der Waals surface area contributed by atoms with Crippen molar-refractivity contribution in [3.8, 4) is 0 Å². The zero-order valence-corrected chi connectivity index (χ0v) is 14.4. The second-order valence-corrected chi connectivity index (χ2v) is 6.15. The number of nitrogens with one attached hydrogen (secondary N) is 2. The fraction of sp³-hybridized carbons (Fsp3) is 0.438. The number of aromatic nitrogens is 3. The second-order valence-electron chi connectivity index (χ2n) is 5.77. The van der Waals surface area contributed by atoms with Crippen molar-refractivity contribution in [2.24, 2.45) is 0 Å². The Hall–Kier alpha value is -2.12. The molecule has 0 saturated heterocycles. The largest absolute Gasteiger partial charge is 0.377 e. The Morgan fingerprint density at radius 1 is 1.50 bits per heavy atom. The number of benzene rings is 1. The molecule has 24 heavy (non-hydrogen) atoms. The van der Waals surface area contributed by atoms with E-state index in [2.05, 4.69) is 20.7 Å². The summed E-state index contributed by atoms with van der Waals surface area (Å²) in [4.78, 5) is 16.8. The Bertz CT molecular complexity index is 746. The summed E-state index contributed by atoms with van der Waals surface area (Å²) >= 11 is 6.22. The smallest absolute Gasteiger partial charge is 0.319 e. The number of amides is 2. The van der Waals surface area contributed by atoms with Crippen molar-refractivity contribution in [2.45, 2.75) is 39.0 Å². The lowest BCUT2D eigenvalue weighted by Crippen LogP contribution is -2.36. The fourth-order valence-corrected chi connectivity index (χ4v) is 2.96. The van der Waals surface area contributed by atoms with E-state index in [4.69, 9.17) is 16.3 Å². The van der Waals surface area contributed by atoms with Gasteiger partial charge in [0.1, 0.15) is 12.4 Å². The Kier molecular flexibility index (Phi) is 5.01. The number of ether oxygens (including phenoxy) is 1. The van der Waals surface area contributed by atoms with Gasteiger partial charge in [-0.1, -0.05) is 23.7 Å². The van der Waals surface area contributed by atoms with Gasteiger partial charge in [0.25, 0.3) is 0 Å². The van der Waals surface area contributed by atoms with Gasteiger partial charge in [-0.05, 0) is 31.4 Å². The molecule has 8 heteroatoms. The van der Waals surface area contributed by atoms with Crippen LogP contribution in [0.25, 0.3) is 0 Å². The lowest BCUT2D eigenvalue weighted by atomic mass is 10.1. The number of nitrogens with zero attached hydrogens (tertiary/aromatic N) is 3. The molecular formula is C16H20ClN5O2. The highest BCUT2D eigenvalue weighted by Crippen LogP contribution is 2.26. The van der Waals surface area contributed by atoms with Crippen LogP contribution in [0.5, 0.6) is 0 Å². The summed E-state index contributed by atoms with van der Waals surface area (Å²) in [7, 11) is 1.61. The highest BCUT2D eigenvalue weighted by Gasteiger charge is 2.26. The van der Waals surface area contributed by atoms with Gasteiger partial charge in [-0.2, -0.15) is 5.10 Å². The third-order valence-electron chi connectivity index (χ3n) is 3.94. The summed E-state index contributed by atoms with van der Waals surface area (Å²) in [6.45, 7) is 3.06. The molecule has 0 bridgehead atoms. The number of hydrogen-bond acceptors (Lipinski definition) is 4. The van der Waals surface area contributed by atoms with Crippen LogP contribution in [0.15, 0.2) is 18.2 Å². The summed E-state index contributed by atoms with van der Waals surface area (Å²) in [6, 6.07) is 5.03. The average molecular weight is 350 g/mol. The maximum absolute atomic E-state index is 12.3. The third kappa shape index (κ3) is 3.52. The minimum absolute atomic E-state index is 0.180. The monoisotopic (exact) mass is 349 g/mol.